The standard InChI is InChI=1S/C25H17NO4/c27-25-21(26-24(30-25)23-13-6-14-28-23)15-18-8-2-4-12-22(18)29-16-19-10-5-9-17-7-1-3-11-20(17)19/h1-15H,16H2/b21-15-. The molecule has 0 bridgehead atoms. The SMILES string of the molecule is O=C1OC(c2ccco2)=N/C1=C\c1ccccc1OCc1cccc2ccccc12. The van der Waals surface area contributed by atoms with Crippen LogP contribution < -0.4 is 4.74 Å². The smallest absolute Gasteiger partial charge is 0.363 e. The minimum Gasteiger partial charge on any atom is -0.488 e. The van der Waals surface area contributed by atoms with Crippen LogP contribution >= 0.6 is 0 Å². The van der Waals surface area contributed by atoms with Crippen LogP contribution in [-0.4, -0.2) is 11.9 Å². The Morgan fingerprint density at radius 1 is 0.900 bits per heavy atom. The molecule has 0 spiro atoms. The molecule has 0 radical (unpaired) electrons. The Bertz CT molecular complexity index is 1280. The monoisotopic (exact) mass is 395 g/mol. The summed E-state index contributed by atoms with van der Waals surface area (Å²) in [4.78, 5) is 16.5. The number of carbonyl (C=O) groups excluding carboxylic acids is 1. The van der Waals surface area contributed by atoms with Crippen LogP contribution in [0.1, 0.15) is 16.9 Å². The first-order chi connectivity index (χ1) is 14.8. The number of rotatable bonds is 5. The number of fused-ring (bicyclic) bond motifs is 1. The third-order valence-corrected chi connectivity index (χ3v) is 4.83. The molecule has 0 aliphatic carbocycles. The van der Waals surface area contributed by atoms with E-state index in [-0.39, 0.29) is 11.6 Å². The van der Waals surface area contributed by atoms with E-state index in [1.165, 1.54) is 11.6 Å². The maximum Gasteiger partial charge on any atom is 0.363 e. The summed E-state index contributed by atoms with van der Waals surface area (Å²) in [5.74, 6) is 0.704. The Kier molecular flexibility index (Phi) is 4.62. The highest BCUT2D eigenvalue weighted by Crippen LogP contribution is 2.27. The number of furan rings is 1. The zero-order chi connectivity index (χ0) is 20.3. The van der Waals surface area contributed by atoms with Gasteiger partial charge in [0.2, 0.25) is 0 Å². The van der Waals surface area contributed by atoms with Crippen LogP contribution in [-0.2, 0) is 16.1 Å². The van der Waals surface area contributed by atoms with Crippen molar-refractivity contribution < 1.29 is 18.7 Å². The summed E-state index contributed by atoms with van der Waals surface area (Å²) in [5, 5.41) is 2.32. The van der Waals surface area contributed by atoms with Gasteiger partial charge in [-0.15, -0.1) is 0 Å². The number of aliphatic imine (C=N–C) groups is 1. The average Bonchev–Trinajstić information content (AvgIpc) is 3.43. The van der Waals surface area contributed by atoms with E-state index in [1.807, 2.05) is 42.5 Å². The summed E-state index contributed by atoms with van der Waals surface area (Å²) >= 11 is 0. The van der Waals surface area contributed by atoms with Crippen molar-refractivity contribution in [3.63, 3.8) is 0 Å². The highest BCUT2D eigenvalue weighted by Gasteiger charge is 2.26. The fourth-order valence-electron chi connectivity index (χ4n) is 3.37. The van der Waals surface area contributed by atoms with Crippen molar-refractivity contribution >= 4 is 28.7 Å². The molecular weight excluding hydrogens is 378 g/mol. The van der Waals surface area contributed by atoms with Gasteiger partial charge >= 0.3 is 5.97 Å². The predicted molar refractivity (Wildman–Crippen MR) is 114 cm³/mol. The molecule has 1 aromatic heterocycles. The molecule has 0 unspecified atom stereocenters. The summed E-state index contributed by atoms with van der Waals surface area (Å²) in [6.45, 7) is 0.410. The van der Waals surface area contributed by atoms with Gasteiger partial charge in [-0.1, -0.05) is 60.7 Å². The lowest BCUT2D eigenvalue weighted by Crippen LogP contribution is -2.04. The summed E-state index contributed by atoms with van der Waals surface area (Å²) in [6.07, 6.45) is 3.17. The van der Waals surface area contributed by atoms with Crippen molar-refractivity contribution in [3.8, 4) is 5.75 Å². The molecule has 5 heteroatoms. The van der Waals surface area contributed by atoms with Crippen molar-refractivity contribution in [1.82, 2.24) is 0 Å². The fraction of sp³-hybridized carbons (Fsp3) is 0.0400. The Morgan fingerprint density at radius 2 is 1.73 bits per heavy atom. The second-order valence-corrected chi connectivity index (χ2v) is 6.78. The van der Waals surface area contributed by atoms with E-state index in [1.54, 1.807) is 18.2 Å². The molecule has 0 saturated carbocycles. The normalized spacial score (nSPS) is 14.7. The second kappa shape index (κ2) is 7.72. The summed E-state index contributed by atoms with van der Waals surface area (Å²) in [7, 11) is 0. The number of para-hydroxylation sites is 1. The predicted octanol–water partition coefficient (Wildman–Crippen LogP) is 5.36. The molecule has 5 nitrogen and oxygen atoms in total. The lowest BCUT2D eigenvalue weighted by atomic mass is 10.1. The number of hydrogen-bond donors (Lipinski definition) is 0. The van der Waals surface area contributed by atoms with Gasteiger partial charge in [-0.25, -0.2) is 9.79 Å². The maximum absolute atomic E-state index is 12.2. The molecule has 146 valence electrons. The van der Waals surface area contributed by atoms with Crippen molar-refractivity contribution in [2.24, 2.45) is 4.99 Å². The topological polar surface area (TPSA) is 61.0 Å². The molecule has 3 aromatic carbocycles. The lowest BCUT2D eigenvalue weighted by molar-refractivity contribution is -0.130. The third-order valence-electron chi connectivity index (χ3n) is 4.83. The average molecular weight is 395 g/mol. The molecule has 0 N–H and O–H groups in total. The van der Waals surface area contributed by atoms with Crippen LogP contribution in [0.25, 0.3) is 16.8 Å². The van der Waals surface area contributed by atoms with E-state index in [9.17, 15) is 4.79 Å². The van der Waals surface area contributed by atoms with Gasteiger partial charge in [0.1, 0.15) is 12.4 Å². The van der Waals surface area contributed by atoms with E-state index >= 15 is 0 Å². The van der Waals surface area contributed by atoms with Gasteiger partial charge in [0, 0.05) is 5.56 Å². The highest BCUT2D eigenvalue weighted by atomic mass is 16.6. The number of benzene rings is 3. The number of carbonyl (C=O) groups is 1. The zero-order valence-electron chi connectivity index (χ0n) is 15.9. The van der Waals surface area contributed by atoms with Crippen LogP contribution in [0.4, 0.5) is 0 Å². The molecule has 0 fully saturated rings. The van der Waals surface area contributed by atoms with Gasteiger partial charge in [0.15, 0.2) is 11.5 Å². The molecule has 0 amide bonds. The van der Waals surface area contributed by atoms with E-state index < -0.39 is 5.97 Å². The number of ether oxygens (including phenoxy) is 2. The van der Waals surface area contributed by atoms with Gasteiger partial charge in [0.05, 0.1) is 6.26 Å². The third kappa shape index (κ3) is 3.49. The molecule has 4 aromatic rings. The first-order valence-corrected chi connectivity index (χ1v) is 9.53. The van der Waals surface area contributed by atoms with E-state index in [2.05, 4.69) is 29.3 Å². The van der Waals surface area contributed by atoms with E-state index in [4.69, 9.17) is 13.9 Å². The summed E-state index contributed by atoms with van der Waals surface area (Å²) < 4.78 is 16.6. The highest BCUT2D eigenvalue weighted by molar-refractivity contribution is 6.12. The lowest BCUT2D eigenvalue weighted by Gasteiger charge is -2.11. The zero-order valence-corrected chi connectivity index (χ0v) is 15.9. The number of hydrogen-bond acceptors (Lipinski definition) is 5. The molecule has 1 aliphatic rings. The first kappa shape index (κ1) is 17.9. The van der Waals surface area contributed by atoms with Crippen LogP contribution in [0, 0.1) is 0 Å². The van der Waals surface area contributed by atoms with E-state index in [0.29, 0.717) is 18.1 Å². The van der Waals surface area contributed by atoms with Crippen LogP contribution in [0.3, 0.4) is 0 Å². The van der Waals surface area contributed by atoms with E-state index in [0.717, 1.165) is 16.5 Å². The Balaban J connectivity index is 1.42. The van der Waals surface area contributed by atoms with Gasteiger partial charge in [-0.05, 0) is 40.6 Å². The molecule has 1 aliphatic heterocycles. The van der Waals surface area contributed by atoms with Crippen molar-refractivity contribution in [2.75, 3.05) is 0 Å². The van der Waals surface area contributed by atoms with Crippen molar-refractivity contribution in [3.05, 3.63) is 108 Å². The quantitative estimate of drug-likeness (QED) is 0.337. The molecule has 0 atom stereocenters. The molecule has 0 saturated heterocycles. The first-order valence-electron chi connectivity index (χ1n) is 9.53. The Labute approximate surface area is 172 Å². The fourth-order valence-corrected chi connectivity index (χ4v) is 3.37. The molecule has 5 rings (SSSR count). The molecular formula is C25H17NO4. The minimum absolute atomic E-state index is 0.158. The second-order valence-electron chi connectivity index (χ2n) is 6.78. The molecule has 30 heavy (non-hydrogen) atoms. The van der Waals surface area contributed by atoms with Crippen LogP contribution in [0.15, 0.2) is 100 Å². The van der Waals surface area contributed by atoms with Crippen molar-refractivity contribution in [2.45, 2.75) is 6.61 Å². The Hall–Kier alpha value is -4.12. The van der Waals surface area contributed by atoms with Gasteiger partial charge < -0.3 is 13.9 Å². The largest absolute Gasteiger partial charge is 0.488 e. The number of cyclic esters (lactones) is 1. The molecule has 2 heterocycles. The van der Waals surface area contributed by atoms with Gasteiger partial charge in [-0.2, -0.15) is 0 Å². The Morgan fingerprint density at radius 3 is 2.63 bits per heavy atom. The maximum atomic E-state index is 12.2. The van der Waals surface area contributed by atoms with Gasteiger partial charge in [-0.3, -0.25) is 0 Å². The summed E-state index contributed by atoms with van der Waals surface area (Å²) in [6, 6.07) is 25.3. The van der Waals surface area contributed by atoms with Gasteiger partial charge in [0.25, 0.3) is 5.90 Å². The van der Waals surface area contributed by atoms with Crippen LogP contribution in [0.5, 0.6) is 5.75 Å². The number of nitrogens with zero attached hydrogens (tertiary/aromatic N) is 1. The van der Waals surface area contributed by atoms with Crippen LogP contribution in [0.2, 0.25) is 0 Å². The summed E-state index contributed by atoms with van der Waals surface area (Å²) in [5.41, 5.74) is 2.03. The minimum atomic E-state index is -0.523. The number of esters is 1. The van der Waals surface area contributed by atoms with Crippen molar-refractivity contribution in [1.29, 1.82) is 0 Å².